The molecule has 1 atom stereocenters. The molecule has 0 heterocycles. The minimum Gasteiger partial charge on any atom is -0.324 e. The fraction of sp³-hybridized carbons (Fsp3) is 0.250. The molecule has 0 radical (unpaired) electrons. The predicted molar refractivity (Wildman–Crippen MR) is 81.0 cm³/mol. The summed E-state index contributed by atoms with van der Waals surface area (Å²) in [4.78, 5) is 0. The zero-order valence-corrected chi connectivity index (χ0v) is 11.5. The van der Waals surface area contributed by atoms with E-state index in [4.69, 9.17) is 5.73 Å². The molecule has 2 N–H and O–H groups in total. The van der Waals surface area contributed by atoms with Crippen LogP contribution in [-0.2, 0) is 0 Å². The fourth-order valence-electron chi connectivity index (χ4n) is 2.06. The molecule has 0 aliphatic rings. The van der Waals surface area contributed by atoms with Gasteiger partial charge in [-0.15, -0.1) is 12.4 Å². The van der Waals surface area contributed by atoms with Crippen LogP contribution in [0.5, 0.6) is 0 Å². The van der Waals surface area contributed by atoms with Gasteiger partial charge in [0.25, 0.3) is 0 Å². The van der Waals surface area contributed by atoms with Crippen LogP contribution in [0, 0.1) is 0 Å². The van der Waals surface area contributed by atoms with Crippen LogP contribution < -0.4 is 5.73 Å². The Balaban J connectivity index is 0.00000162. The first-order valence-electron chi connectivity index (χ1n) is 6.22. The number of rotatable bonds is 4. The average molecular weight is 262 g/mol. The summed E-state index contributed by atoms with van der Waals surface area (Å²) in [5, 5.41) is 0. The molecule has 0 spiro atoms. The molecular weight excluding hydrogens is 242 g/mol. The summed E-state index contributed by atoms with van der Waals surface area (Å²) < 4.78 is 0. The van der Waals surface area contributed by atoms with Crippen LogP contribution in [-0.4, -0.2) is 0 Å². The number of halogens is 1. The van der Waals surface area contributed by atoms with Gasteiger partial charge in [0.05, 0.1) is 0 Å². The number of hydrogen-bond acceptors (Lipinski definition) is 1. The first-order valence-corrected chi connectivity index (χ1v) is 6.22. The van der Waals surface area contributed by atoms with Crippen molar-refractivity contribution in [3.8, 4) is 11.1 Å². The maximum Gasteiger partial charge on any atom is 0.0294 e. The molecule has 0 aliphatic carbocycles. The highest BCUT2D eigenvalue weighted by Crippen LogP contribution is 2.23. The van der Waals surface area contributed by atoms with E-state index in [1.54, 1.807) is 0 Å². The lowest BCUT2D eigenvalue weighted by Crippen LogP contribution is -2.09. The van der Waals surface area contributed by atoms with Crippen molar-refractivity contribution in [2.75, 3.05) is 0 Å². The lowest BCUT2D eigenvalue weighted by molar-refractivity contribution is 0.638. The molecule has 0 saturated carbocycles. The number of hydrogen-bond donors (Lipinski definition) is 1. The summed E-state index contributed by atoms with van der Waals surface area (Å²) in [6.07, 6.45) is 2.16. The van der Waals surface area contributed by atoms with Crippen molar-refractivity contribution in [3.63, 3.8) is 0 Å². The van der Waals surface area contributed by atoms with Gasteiger partial charge in [-0.2, -0.15) is 0 Å². The van der Waals surface area contributed by atoms with Gasteiger partial charge in [-0.1, -0.05) is 61.9 Å². The first kappa shape index (κ1) is 14.7. The van der Waals surface area contributed by atoms with Gasteiger partial charge in [0.15, 0.2) is 0 Å². The van der Waals surface area contributed by atoms with Gasteiger partial charge in [0.1, 0.15) is 0 Å². The first-order chi connectivity index (χ1) is 8.31. The highest BCUT2D eigenvalue weighted by Gasteiger charge is 2.05. The van der Waals surface area contributed by atoms with Gasteiger partial charge >= 0.3 is 0 Å². The van der Waals surface area contributed by atoms with E-state index in [9.17, 15) is 0 Å². The monoisotopic (exact) mass is 261 g/mol. The van der Waals surface area contributed by atoms with Crippen LogP contribution in [0.15, 0.2) is 54.6 Å². The molecule has 2 aromatic rings. The molecule has 0 aromatic heterocycles. The van der Waals surface area contributed by atoms with Crippen LogP contribution in [0.2, 0.25) is 0 Å². The van der Waals surface area contributed by atoms with E-state index < -0.39 is 0 Å². The van der Waals surface area contributed by atoms with Crippen LogP contribution in [0.3, 0.4) is 0 Å². The third-order valence-corrected chi connectivity index (χ3v) is 3.02. The van der Waals surface area contributed by atoms with Gasteiger partial charge in [0, 0.05) is 6.04 Å². The zero-order chi connectivity index (χ0) is 12.1. The Kier molecular flexibility index (Phi) is 5.90. The third-order valence-electron chi connectivity index (χ3n) is 3.02. The Morgan fingerprint density at radius 2 is 1.61 bits per heavy atom. The van der Waals surface area contributed by atoms with Crippen molar-refractivity contribution < 1.29 is 0 Å². The van der Waals surface area contributed by atoms with E-state index in [2.05, 4.69) is 55.5 Å². The molecule has 0 amide bonds. The lowest BCUT2D eigenvalue weighted by Gasteiger charge is -2.12. The Morgan fingerprint density at radius 1 is 0.944 bits per heavy atom. The molecule has 0 aliphatic heterocycles. The van der Waals surface area contributed by atoms with Crippen molar-refractivity contribution in [3.05, 3.63) is 60.2 Å². The van der Waals surface area contributed by atoms with E-state index in [1.807, 2.05) is 6.07 Å². The topological polar surface area (TPSA) is 26.0 Å². The maximum atomic E-state index is 6.15. The summed E-state index contributed by atoms with van der Waals surface area (Å²) >= 11 is 0. The van der Waals surface area contributed by atoms with Crippen molar-refractivity contribution in [2.24, 2.45) is 5.73 Å². The summed E-state index contributed by atoms with van der Waals surface area (Å²) in [7, 11) is 0. The number of benzene rings is 2. The third kappa shape index (κ3) is 3.59. The maximum absolute atomic E-state index is 6.15. The summed E-state index contributed by atoms with van der Waals surface area (Å²) in [6.45, 7) is 2.17. The molecule has 18 heavy (non-hydrogen) atoms. The Morgan fingerprint density at radius 3 is 2.28 bits per heavy atom. The lowest BCUT2D eigenvalue weighted by atomic mass is 9.98. The van der Waals surface area contributed by atoms with E-state index in [0.717, 1.165) is 12.8 Å². The quantitative estimate of drug-likeness (QED) is 0.857. The van der Waals surface area contributed by atoms with Gasteiger partial charge in [0.2, 0.25) is 0 Å². The molecule has 0 bridgehead atoms. The largest absolute Gasteiger partial charge is 0.324 e. The SMILES string of the molecule is CCC[C@@H](N)c1cccc(-c2ccccc2)c1.Cl. The smallest absolute Gasteiger partial charge is 0.0294 e. The molecule has 2 rings (SSSR count). The molecule has 0 saturated heterocycles. The van der Waals surface area contributed by atoms with Gasteiger partial charge in [-0.25, -0.2) is 0 Å². The van der Waals surface area contributed by atoms with E-state index in [0.29, 0.717) is 0 Å². The normalized spacial score (nSPS) is 11.7. The zero-order valence-electron chi connectivity index (χ0n) is 10.7. The van der Waals surface area contributed by atoms with Gasteiger partial charge in [-0.05, 0) is 29.2 Å². The second-order valence-electron chi connectivity index (χ2n) is 4.39. The minimum absolute atomic E-state index is 0. The van der Waals surface area contributed by atoms with Crippen molar-refractivity contribution in [1.29, 1.82) is 0 Å². The van der Waals surface area contributed by atoms with Crippen LogP contribution in [0.4, 0.5) is 0 Å². The molecule has 2 aromatic carbocycles. The molecule has 2 heteroatoms. The second-order valence-corrected chi connectivity index (χ2v) is 4.39. The average Bonchev–Trinajstić information content (AvgIpc) is 2.40. The number of nitrogens with two attached hydrogens (primary N) is 1. The Hall–Kier alpha value is -1.31. The standard InChI is InChI=1S/C16H19N.ClH/c1-2-7-16(17)15-11-6-10-14(12-15)13-8-4-3-5-9-13;/h3-6,8-12,16H,2,7,17H2,1H3;1H/t16-;/m1./s1. The van der Waals surface area contributed by atoms with Crippen molar-refractivity contribution in [2.45, 2.75) is 25.8 Å². The fourth-order valence-corrected chi connectivity index (χ4v) is 2.06. The van der Waals surface area contributed by atoms with Crippen LogP contribution in [0.25, 0.3) is 11.1 Å². The summed E-state index contributed by atoms with van der Waals surface area (Å²) in [5.74, 6) is 0. The highest BCUT2D eigenvalue weighted by atomic mass is 35.5. The second kappa shape index (κ2) is 7.20. The van der Waals surface area contributed by atoms with E-state index in [1.165, 1.54) is 16.7 Å². The van der Waals surface area contributed by atoms with Gasteiger partial charge in [-0.3, -0.25) is 0 Å². The Labute approximate surface area is 115 Å². The van der Waals surface area contributed by atoms with Crippen molar-refractivity contribution in [1.82, 2.24) is 0 Å². The van der Waals surface area contributed by atoms with E-state index in [-0.39, 0.29) is 18.4 Å². The molecular formula is C16H20ClN. The van der Waals surface area contributed by atoms with Gasteiger partial charge < -0.3 is 5.73 Å². The molecule has 96 valence electrons. The molecule has 1 nitrogen and oxygen atoms in total. The summed E-state index contributed by atoms with van der Waals surface area (Å²) in [6, 6.07) is 19.1. The Bertz CT molecular complexity index is 468. The molecule has 0 fully saturated rings. The summed E-state index contributed by atoms with van der Waals surface area (Å²) in [5.41, 5.74) is 9.88. The van der Waals surface area contributed by atoms with E-state index >= 15 is 0 Å². The van der Waals surface area contributed by atoms with Crippen molar-refractivity contribution >= 4 is 12.4 Å². The van der Waals surface area contributed by atoms with Crippen LogP contribution in [0.1, 0.15) is 31.4 Å². The minimum atomic E-state index is 0. The van der Waals surface area contributed by atoms with Crippen LogP contribution >= 0.6 is 12.4 Å². The molecule has 0 unspecified atom stereocenters. The predicted octanol–water partition coefficient (Wildman–Crippen LogP) is 4.58. The highest BCUT2D eigenvalue weighted by molar-refractivity contribution is 5.85.